The van der Waals surface area contributed by atoms with Gasteiger partial charge in [-0.15, -0.1) is 0 Å². The SMILES string of the molecule is O=Cc1ccc(-c2cc3c(N(c4ccccc4)S(=O)(=O)c4ccccc4)ncnc3cn2)o1. The van der Waals surface area contributed by atoms with Crippen molar-refractivity contribution in [1.82, 2.24) is 15.0 Å². The maximum absolute atomic E-state index is 13.8. The van der Waals surface area contributed by atoms with E-state index in [1.165, 1.54) is 35.0 Å². The molecule has 162 valence electrons. The molecule has 0 fully saturated rings. The monoisotopic (exact) mass is 456 g/mol. The van der Waals surface area contributed by atoms with Crippen molar-refractivity contribution >= 4 is 38.7 Å². The van der Waals surface area contributed by atoms with Gasteiger partial charge in [-0.1, -0.05) is 36.4 Å². The Morgan fingerprint density at radius 2 is 1.58 bits per heavy atom. The van der Waals surface area contributed by atoms with E-state index in [2.05, 4.69) is 15.0 Å². The smallest absolute Gasteiger partial charge is 0.269 e. The Kier molecular flexibility index (Phi) is 5.15. The van der Waals surface area contributed by atoms with E-state index in [0.29, 0.717) is 34.3 Å². The maximum atomic E-state index is 13.8. The van der Waals surface area contributed by atoms with Gasteiger partial charge in [0.05, 0.1) is 22.3 Å². The summed E-state index contributed by atoms with van der Waals surface area (Å²) in [6, 6.07) is 21.6. The van der Waals surface area contributed by atoms with Crippen molar-refractivity contribution in [3.8, 4) is 11.5 Å². The number of anilines is 2. The minimum atomic E-state index is -4.02. The normalized spacial score (nSPS) is 11.4. The van der Waals surface area contributed by atoms with Gasteiger partial charge in [-0.2, -0.15) is 0 Å². The van der Waals surface area contributed by atoms with Crippen LogP contribution in [0.3, 0.4) is 0 Å². The molecule has 0 amide bonds. The van der Waals surface area contributed by atoms with Crippen LogP contribution >= 0.6 is 0 Å². The zero-order valence-corrected chi connectivity index (χ0v) is 17.9. The molecule has 9 heteroatoms. The Morgan fingerprint density at radius 3 is 2.27 bits per heavy atom. The molecular formula is C24H16N4O4S. The van der Waals surface area contributed by atoms with E-state index < -0.39 is 10.0 Å². The van der Waals surface area contributed by atoms with Gasteiger partial charge in [-0.25, -0.2) is 22.7 Å². The Hall–Kier alpha value is -4.37. The molecule has 2 aromatic carbocycles. The fourth-order valence-electron chi connectivity index (χ4n) is 3.43. The predicted molar refractivity (Wildman–Crippen MR) is 123 cm³/mol. The number of hydrogen-bond acceptors (Lipinski definition) is 7. The third-order valence-electron chi connectivity index (χ3n) is 4.96. The number of carbonyl (C=O) groups is 1. The predicted octanol–water partition coefficient (Wildman–Crippen LogP) is 4.62. The van der Waals surface area contributed by atoms with E-state index in [1.807, 2.05) is 0 Å². The minimum absolute atomic E-state index is 0.122. The molecule has 0 bridgehead atoms. The van der Waals surface area contributed by atoms with E-state index >= 15 is 0 Å². The summed E-state index contributed by atoms with van der Waals surface area (Å²) in [5.41, 5.74) is 1.29. The third kappa shape index (κ3) is 3.74. The molecule has 0 radical (unpaired) electrons. The number of aromatic nitrogens is 3. The molecule has 3 heterocycles. The zero-order chi connectivity index (χ0) is 22.8. The molecule has 0 atom stereocenters. The van der Waals surface area contributed by atoms with Crippen LogP contribution in [-0.2, 0) is 10.0 Å². The molecule has 0 spiro atoms. The van der Waals surface area contributed by atoms with Crippen LogP contribution in [0.1, 0.15) is 10.6 Å². The van der Waals surface area contributed by atoms with Gasteiger partial charge in [0.15, 0.2) is 23.6 Å². The fraction of sp³-hybridized carbons (Fsp3) is 0. The van der Waals surface area contributed by atoms with E-state index in [9.17, 15) is 13.2 Å². The zero-order valence-electron chi connectivity index (χ0n) is 17.1. The highest BCUT2D eigenvalue weighted by atomic mass is 32.2. The first kappa shape index (κ1) is 20.5. The van der Waals surface area contributed by atoms with Crippen LogP contribution in [0.15, 0.2) is 101 Å². The Balaban J connectivity index is 1.76. The summed E-state index contributed by atoms with van der Waals surface area (Å²) in [5.74, 6) is 0.695. The van der Waals surface area contributed by atoms with Crippen LogP contribution in [-0.4, -0.2) is 29.7 Å². The Morgan fingerprint density at radius 1 is 0.848 bits per heavy atom. The summed E-state index contributed by atoms with van der Waals surface area (Å²) in [6.07, 6.45) is 3.41. The number of nitrogens with zero attached hydrogens (tertiary/aromatic N) is 4. The number of furan rings is 1. The second-order valence-corrected chi connectivity index (χ2v) is 8.81. The first-order chi connectivity index (χ1) is 16.1. The van der Waals surface area contributed by atoms with Crippen molar-refractivity contribution in [2.24, 2.45) is 0 Å². The summed E-state index contributed by atoms with van der Waals surface area (Å²) in [6.45, 7) is 0. The lowest BCUT2D eigenvalue weighted by Gasteiger charge is -2.24. The number of benzene rings is 2. The van der Waals surface area contributed by atoms with Crippen LogP contribution < -0.4 is 4.31 Å². The highest BCUT2D eigenvalue weighted by Gasteiger charge is 2.29. The number of para-hydroxylation sites is 1. The summed E-state index contributed by atoms with van der Waals surface area (Å²) in [5, 5.41) is 0.454. The second-order valence-electron chi connectivity index (χ2n) is 7.02. The summed E-state index contributed by atoms with van der Waals surface area (Å²) >= 11 is 0. The molecule has 33 heavy (non-hydrogen) atoms. The molecule has 0 N–H and O–H groups in total. The van der Waals surface area contributed by atoms with Crippen molar-refractivity contribution < 1.29 is 17.6 Å². The number of carbonyl (C=O) groups excluding carboxylic acids is 1. The molecule has 0 saturated heterocycles. The first-order valence-corrected chi connectivity index (χ1v) is 11.3. The lowest BCUT2D eigenvalue weighted by Crippen LogP contribution is -2.27. The van der Waals surface area contributed by atoms with Gasteiger partial charge in [0.25, 0.3) is 10.0 Å². The topological polar surface area (TPSA) is 106 Å². The average molecular weight is 456 g/mol. The van der Waals surface area contributed by atoms with Crippen molar-refractivity contribution in [3.63, 3.8) is 0 Å². The number of aldehydes is 1. The Labute approximate surface area is 189 Å². The molecule has 0 aliphatic rings. The molecule has 0 saturated carbocycles. The van der Waals surface area contributed by atoms with Crippen LogP contribution in [0.2, 0.25) is 0 Å². The van der Waals surface area contributed by atoms with Gasteiger partial charge in [0, 0.05) is 5.39 Å². The fourth-order valence-corrected chi connectivity index (χ4v) is 4.92. The summed E-state index contributed by atoms with van der Waals surface area (Å²) in [4.78, 5) is 24.1. The van der Waals surface area contributed by atoms with Crippen LogP contribution in [0.5, 0.6) is 0 Å². The molecule has 5 rings (SSSR count). The van der Waals surface area contributed by atoms with Crippen molar-refractivity contribution in [2.75, 3.05) is 4.31 Å². The van der Waals surface area contributed by atoms with Crippen LogP contribution in [0, 0.1) is 0 Å². The van der Waals surface area contributed by atoms with E-state index in [-0.39, 0.29) is 16.5 Å². The third-order valence-corrected chi connectivity index (χ3v) is 6.69. The van der Waals surface area contributed by atoms with Gasteiger partial charge in [-0.3, -0.25) is 9.78 Å². The largest absolute Gasteiger partial charge is 0.452 e. The number of fused-ring (bicyclic) bond motifs is 1. The van der Waals surface area contributed by atoms with Gasteiger partial charge >= 0.3 is 0 Å². The summed E-state index contributed by atoms with van der Waals surface area (Å²) < 4.78 is 34.2. The van der Waals surface area contributed by atoms with Crippen molar-refractivity contribution in [3.05, 3.63) is 97.1 Å². The number of sulfonamides is 1. The Bertz CT molecular complexity index is 1550. The van der Waals surface area contributed by atoms with Gasteiger partial charge in [0.2, 0.25) is 0 Å². The second kappa shape index (κ2) is 8.29. The van der Waals surface area contributed by atoms with Gasteiger partial charge < -0.3 is 4.42 Å². The van der Waals surface area contributed by atoms with Crippen molar-refractivity contribution in [1.29, 1.82) is 0 Å². The minimum Gasteiger partial charge on any atom is -0.452 e. The molecular weight excluding hydrogens is 440 g/mol. The lowest BCUT2D eigenvalue weighted by atomic mass is 10.2. The first-order valence-electron chi connectivity index (χ1n) is 9.89. The number of rotatable bonds is 6. The number of hydrogen-bond donors (Lipinski definition) is 0. The van der Waals surface area contributed by atoms with Gasteiger partial charge in [0.1, 0.15) is 12.0 Å². The van der Waals surface area contributed by atoms with E-state index in [0.717, 1.165) is 0 Å². The molecule has 0 aliphatic carbocycles. The van der Waals surface area contributed by atoms with Crippen molar-refractivity contribution in [2.45, 2.75) is 4.90 Å². The molecule has 0 aliphatic heterocycles. The quantitative estimate of drug-likeness (QED) is 0.343. The number of pyridine rings is 1. The molecule has 0 unspecified atom stereocenters. The van der Waals surface area contributed by atoms with E-state index in [1.54, 1.807) is 60.7 Å². The van der Waals surface area contributed by atoms with E-state index in [4.69, 9.17) is 4.42 Å². The summed E-state index contributed by atoms with van der Waals surface area (Å²) in [7, 11) is -4.02. The maximum Gasteiger partial charge on any atom is 0.269 e. The molecule has 3 aromatic heterocycles. The highest BCUT2D eigenvalue weighted by Crippen LogP contribution is 2.36. The van der Waals surface area contributed by atoms with Crippen LogP contribution in [0.4, 0.5) is 11.5 Å². The highest BCUT2D eigenvalue weighted by molar-refractivity contribution is 7.93. The molecule has 8 nitrogen and oxygen atoms in total. The molecule has 5 aromatic rings. The lowest BCUT2D eigenvalue weighted by molar-refractivity contribution is 0.110. The average Bonchev–Trinajstić information content (AvgIpc) is 3.35. The van der Waals surface area contributed by atoms with Gasteiger partial charge in [-0.05, 0) is 42.5 Å². The van der Waals surface area contributed by atoms with Crippen LogP contribution in [0.25, 0.3) is 22.4 Å². The standard InChI is InChI=1S/C24H16N4O4S/c29-15-18-11-12-23(32-18)21-13-20-22(14-25-21)26-16-27-24(20)28(17-7-3-1-4-8-17)33(30,31)19-9-5-2-6-10-19/h1-16H.